The van der Waals surface area contributed by atoms with E-state index in [9.17, 15) is 5.11 Å². The summed E-state index contributed by atoms with van der Waals surface area (Å²) in [6.45, 7) is 8.29. The fraction of sp³-hybridized carbons (Fsp3) is 0.667. The van der Waals surface area contributed by atoms with Gasteiger partial charge in [0.05, 0.1) is 19.3 Å². The van der Waals surface area contributed by atoms with E-state index in [0.717, 1.165) is 58.8 Å². The lowest BCUT2D eigenvalue weighted by molar-refractivity contribution is 0.00177. The lowest BCUT2D eigenvalue weighted by Gasteiger charge is -2.39. The maximum atomic E-state index is 10.5. The van der Waals surface area contributed by atoms with E-state index in [1.807, 2.05) is 0 Å². The van der Waals surface area contributed by atoms with Crippen LogP contribution in [0, 0.1) is 0 Å². The third-order valence-electron chi connectivity index (χ3n) is 4.93. The second-order valence-corrected chi connectivity index (χ2v) is 6.43. The summed E-state index contributed by atoms with van der Waals surface area (Å²) in [5.41, 5.74) is 2.93. The topological polar surface area (TPSA) is 35.9 Å². The highest BCUT2D eigenvalue weighted by atomic mass is 16.5. The number of benzene rings is 1. The highest BCUT2D eigenvalue weighted by molar-refractivity contribution is 5.32. The van der Waals surface area contributed by atoms with Crippen LogP contribution in [-0.2, 0) is 11.2 Å². The molecule has 1 fully saturated rings. The van der Waals surface area contributed by atoms with Crippen LogP contribution in [0.4, 0.5) is 0 Å². The minimum atomic E-state index is -0.280. The van der Waals surface area contributed by atoms with Gasteiger partial charge in [-0.1, -0.05) is 31.2 Å². The first-order valence-electron chi connectivity index (χ1n) is 8.58. The van der Waals surface area contributed by atoms with E-state index in [-0.39, 0.29) is 6.10 Å². The van der Waals surface area contributed by atoms with Crippen molar-refractivity contribution in [2.75, 3.05) is 45.9 Å². The molecule has 0 aliphatic carbocycles. The van der Waals surface area contributed by atoms with Gasteiger partial charge < -0.3 is 9.84 Å². The molecule has 1 saturated heterocycles. The van der Waals surface area contributed by atoms with Gasteiger partial charge in [0, 0.05) is 38.8 Å². The zero-order valence-corrected chi connectivity index (χ0v) is 13.6. The van der Waals surface area contributed by atoms with Crippen LogP contribution in [-0.4, -0.2) is 66.9 Å². The van der Waals surface area contributed by atoms with E-state index >= 15 is 0 Å². The fourth-order valence-corrected chi connectivity index (χ4v) is 3.81. The molecular formula is C18H28N2O2. The molecule has 1 aromatic rings. The average Bonchev–Trinajstić information content (AvgIpc) is 2.55. The Kier molecular flexibility index (Phi) is 5.47. The molecule has 0 aromatic heterocycles. The van der Waals surface area contributed by atoms with Gasteiger partial charge in [-0.05, 0) is 24.0 Å². The number of rotatable bonds is 5. The summed E-state index contributed by atoms with van der Waals surface area (Å²) in [6, 6.07) is 9.22. The molecule has 0 saturated carbocycles. The van der Waals surface area contributed by atoms with E-state index in [0.29, 0.717) is 6.04 Å². The molecular weight excluding hydrogens is 276 g/mol. The van der Waals surface area contributed by atoms with E-state index in [4.69, 9.17) is 4.74 Å². The predicted octanol–water partition coefficient (Wildman–Crippen LogP) is 1.69. The summed E-state index contributed by atoms with van der Waals surface area (Å²) >= 11 is 0. The van der Waals surface area contributed by atoms with Crippen molar-refractivity contribution in [3.8, 4) is 0 Å². The standard InChI is InChI=1S/C18H28N2O2/c1-2-18-17-6-4-3-5-15(17)7-8-20(18)14-16(21)13-19-9-11-22-12-10-19/h3-6,16,18,21H,2,7-14H2,1H3. The lowest BCUT2D eigenvalue weighted by Crippen LogP contribution is -2.46. The molecule has 2 heterocycles. The largest absolute Gasteiger partial charge is 0.390 e. The number of aliphatic hydroxyl groups is 1. The molecule has 3 rings (SSSR count). The third kappa shape index (κ3) is 3.69. The van der Waals surface area contributed by atoms with Crippen LogP contribution in [0.5, 0.6) is 0 Å². The Bertz CT molecular complexity index is 474. The van der Waals surface area contributed by atoms with Crippen LogP contribution in [0.25, 0.3) is 0 Å². The van der Waals surface area contributed by atoms with Crippen molar-refractivity contribution in [1.82, 2.24) is 9.80 Å². The number of β-amino-alcohol motifs (C(OH)–C–C–N with tert-alkyl or cyclic N) is 1. The summed E-state index contributed by atoms with van der Waals surface area (Å²) in [6.07, 6.45) is 1.91. The van der Waals surface area contributed by atoms with Gasteiger partial charge in [-0.15, -0.1) is 0 Å². The van der Waals surface area contributed by atoms with Gasteiger partial charge in [-0.25, -0.2) is 0 Å². The van der Waals surface area contributed by atoms with E-state index in [1.165, 1.54) is 11.1 Å². The van der Waals surface area contributed by atoms with Gasteiger partial charge in [0.1, 0.15) is 0 Å². The first-order valence-corrected chi connectivity index (χ1v) is 8.58. The van der Waals surface area contributed by atoms with Gasteiger partial charge in [0.2, 0.25) is 0 Å². The molecule has 1 N–H and O–H groups in total. The number of aliphatic hydroxyl groups excluding tert-OH is 1. The molecule has 1 aromatic carbocycles. The van der Waals surface area contributed by atoms with Crippen LogP contribution in [0.2, 0.25) is 0 Å². The minimum absolute atomic E-state index is 0.280. The van der Waals surface area contributed by atoms with Crippen molar-refractivity contribution in [3.05, 3.63) is 35.4 Å². The van der Waals surface area contributed by atoms with Crippen LogP contribution >= 0.6 is 0 Å². The third-order valence-corrected chi connectivity index (χ3v) is 4.93. The van der Waals surface area contributed by atoms with E-state index in [2.05, 4.69) is 41.0 Å². The second-order valence-electron chi connectivity index (χ2n) is 6.43. The molecule has 2 unspecified atom stereocenters. The van der Waals surface area contributed by atoms with Gasteiger partial charge in [-0.2, -0.15) is 0 Å². The molecule has 122 valence electrons. The molecule has 0 spiro atoms. The zero-order valence-electron chi connectivity index (χ0n) is 13.6. The van der Waals surface area contributed by atoms with Crippen molar-refractivity contribution in [2.45, 2.75) is 31.9 Å². The van der Waals surface area contributed by atoms with E-state index in [1.54, 1.807) is 0 Å². The second kappa shape index (κ2) is 7.55. The number of hydrogen-bond acceptors (Lipinski definition) is 4. The fourth-order valence-electron chi connectivity index (χ4n) is 3.81. The van der Waals surface area contributed by atoms with Crippen molar-refractivity contribution in [2.24, 2.45) is 0 Å². The molecule has 2 aliphatic rings. The van der Waals surface area contributed by atoms with Crippen molar-refractivity contribution in [1.29, 1.82) is 0 Å². The zero-order chi connectivity index (χ0) is 15.4. The smallest absolute Gasteiger partial charge is 0.0794 e. The summed E-state index contributed by atoms with van der Waals surface area (Å²) in [5, 5.41) is 10.5. The monoisotopic (exact) mass is 304 g/mol. The summed E-state index contributed by atoms with van der Waals surface area (Å²) in [4.78, 5) is 4.78. The minimum Gasteiger partial charge on any atom is -0.390 e. The predicted molar refractivity (Wildman–Crippen MR) is 88.0 cm³/mol. The van der Waals surface area contributed by atoms with Crippen molar-refractivity contribution in [3.63, 3.8) is 0 Å². The molecule has 22 heavy (non-hydrogen) atoms. The Morgan fingerprint density at radius 3 is 2.73 bits per heavy atom. The van der Waals surface area contributed by atoms with Gasteiger partial charge in [0.25, 0.3) is 0 Å². The van der Waals surface area contributed by atoms with Crippen molar-refractivity contribution >= 4 is 0 Å². The average molecular weight is 304 g/mol. The van der Waals surface area contributed by atoms with Gasteiger partial charge in [0.15, 0.2) is 0 Å². The lowest BCUT2D eigenvalue weighted by atomic mass is 9.91. The number of morpholine rings is 1. The number of hydrogen-bond donors (Lipinski definition) is 1. The quantitative estimate of drug-likeness (QED) is 0.898. The molecule has 2 aliphatic heterocycles. The van der Waals surface area contributed by atoms with Crippen LogP contribution < -0.4 is 0 Å². The highest BCUT2D eigenvalue weighted by Crippen LogP contribution is 2.31. The molecule has 0 radical (unpaired) electrons. The number of ether oxygens (including phenoxy) is 1. The molecule has 4 heteroatoms. The first-order chi connectivity index (χ1) is 10.8. The van der Waals surface area contributed by atoms with Crippen molar-refractivity contribution < 1.29 is 9.84 Å². The maximum absolute atomic E-state index is 10.5. The van der Waals surface area contributed by atoms with Gasteiger partial charge in [-0.3, -0.25) is 9.80 Å². The van der Waals surface area contributed by atoms with Crippen LogP contribution in [0.15, 0.2) is 24.3 Å². The highest BCUT2D eigenvalue weighted by Gasteiger charge is 2.27. The van der Waals surface area contributed by atoms with E-state index < -0.39 is 0 Å². The van der Waals surface area contributed by atoms with Gasteiger partial charge >= 0.3 is 0 Å². The SMILES string of the molecule is CCC1c2ccccc2CCN1CC(O)CN1CCOCC1. The summed E-state index contributed by atoms with van der Waals surface area (Å²) < 4.78 is 5.37. The molecule has 2 atom stereocenters. The number of nitrogens with zero attached hydrogens (tertiary/aromatic N) is 2. The normalized spacial score (nSPS) is 24.9. The van der Waals surface area contributed by atoms with Crippen LogP contribution in [0.1, 0.15) is 30.5 Å². The molecule has 0 amide bonds. The summed E-state index contributed by atoms with van der Waals surface area (Å²) in [7, 11) is 0. The summed E-state index contributed by atoms with van der Waals surface area (Å²) in [5.74, 6) is 0. The maximum Gasteiger partial charge on any atom is 0.0794 e. The molecule has 4 nitrogen and oxygen atoms in total. The molecule has 0 bridgehead atoms. The first kappa shape index (κ1) is 15.9. The van der Waals surface area contributed by atoms with Crippen LogP contribution in [0.3, 0.4) is 0 Å². The Morgan fingerprint density at radius 2 is 1.95 bits per heavy atom. The Hall–Kier alpha value is -0.940. The Balaban J connectivity index is 1.59. The Morgan fingerprint density at radius 1 is 1.18 bits per heavy atom. The Labute approximate surface area is 133 Å². The number of fused-ring (bicyclic) bond motifs is 1.